The van der Waals surface area contributed by atoms with Crippen molar-refractivity contribution in [2.24, 2.45) is 17.6 Å². The van der Waals surface area contributed by atoms with Gasteiger partial charge in [0.2, 0.25) is 5.78 Å². The van der Waals surface area contributed by atoms with E-state index in [9.17, 15) is 34.8 Å². The molecule has 1 saturated carbocycles. The SMILES string of the molecule is CN(C)c1cc(N2CCOCC2)c(O)c2c1CC1CC3C(N(C)C)C(=O)C(C(N)=O)=C(O)C3(O)C(=O)C1=C2O. The summed E-state index contributed by atoms with van der Waals surface area (Å²) in [6.07, 6.45) is 0.281. The molecule has 4 atom stereocenters. The number of phenols is 1. The number of aliphatic hydroxyl groups is 3. The zero-order valence-corrected chi connectivity index (χ0v) is 22.4. The molecule has 0 bridgehead atoms. The number of phenolic OH excluding ortho intramolecular Hbond substituents is 1. The lowest BCUT2D eigenvalue weighted by molar-refractivity contribution is -0.153. The number of ketones is 2. The first kappa shape index (κ1) is 27.0. The van der Waals surface area contributed by atoms with Crippen LogP contribution in [0.15, 0.2) is 23.0 Å². The molecule has 0 aromatic heterocycles. The number of morpholine rings is 1. The number of anilines is 2. The van der Waals surface area contributed by atoms with Crippen LogP contribution in [0.1, 0.15) is 17.5 Å². The number of primary amides is 1. The summed E-state index contributed by atoms with van der Waals surface area (Å²) in [5, 5.41) is 45.8. The molecule has 12 nitrogen and oxygen atoms in total. The number of ether oxygens (including phenoxy) is 1. The molecule has 4 unspecified atom stereocenters. The van der Waals surface area contributed by atoms with E-state index in [1.807, 2.05) is 30.0 Å². The second-order valence-electron chi connectivity index (χ2n) is 11.1. The van der Waals surface area contributed by atoms with Crippen LogP contribution in [-0.2, 0) is 25.5 Å². The Morgan fingerprint density at radius 3 is 2.33 bits per heavy atom. The summed E-state index contributed by atoms with van der Waals surface area (Å²) in [6, 6.07) is 0.729. The fraction of sp³-hybridized carbons (Fsp3) is 0.519. The molecule has 39 heavy (non-hydrogen) atoms. The molecule has 1 aromatic carbocycles. The third-order valence-corrected chi connectivity index (χ3v) is 8.51. The first-order valence-electron chi connectivity index (χ1n) is 12.9. The normalized spacial score (nSPS) is 28.9. The van der Waals surface area contributed by atoms with Crippen molar-refractivity contribution in [1.29, 1.82) is 0 Å². The van der Waals surface area contributed by atoms with Gasteiger partial charge >= 0.3 is 0 Å². The number of hydrogen-bond acceptors (Lipinski definition) is 11. The molecule has 1 amide bonds. The Balaban J connectivity index is 1.74. The zero-order chi connectivity index (χ0) is 28.5. The number of amides is 1. The summed E-state index contributed by atoms with van der Waals surface area (Å²) < 4.78 is 5.43. The van der Waals surface area contributed by atoms with Crippen LogP contribution >= 0.6 is 0 Å². The highest BCUT2D eigenvalue weighted by Gasteiger charge is 2.64. The van der Waals surface area contributed by atoms with Gasteiger partial charge in [-0.25, -0.2) is 0 Å². The number of hydrogen-bond donors (Lipinski definition) is 5. The number of carbonyl (C=O) groups excluding carboxylic acids is 3. The Hall–Kier alpha value is -3.61. The van der Waals surface area contributed by atoms with Gasteiger partial charge in [-0.15, -0.1) is 0 Å². The molecule has 1 heterocycles. The van der Waals surface area contributed by atoms with Crippen LogP contribution in [0.25, 0.3) is 5.76 Å². The van der Waals surface area contributed by atoms with Gasteiger partial charge in [-0.05, 0) is 44.5 Å². The van der Waals surface area contributed by atoms with Gasteiger partial charge in [0.25, 0.3) is 5.91 Å². The molecule has 1 saturated heterocycles. The van der Waals surface area contributed by atoms with Gasteiger partial charge in [0.05, 0.1) is 30.5 Å². The van der Waals surface area contributed by atoms with Crippen molar-refractivity contribution in [3.63, 3.8) is 0 Å². The van der Waals surface area contributed by atoms with E-state index in [-0.39, 0.29) is 29.7 Å². The highest BCUT2D eigenvalue weighted by atomic mass is 16.5. The summed E-state index contributed by atoms with van der Waals surface area (Å²) in [7, 11) is 6.82. The molecule has 12 heteroatoms. The number of nitrogens with two attached hydrogens (primary N) is 1. The highest BCUT2D eigenvalue weighted by Crippen LogP contribution is 2.55. The molecule has 210 valence electrons. The van der Waals surface area contributed by atoms with Gasteiger partial charge in [-0.2, -0.15) is 0 Å². The van der Waals surface area contributed by atoms with Gasteiger partial charge < -0.3 is 40.7 Å². The topological polar surface area (TPSA) is 177 Å². The van der Waals surface area contributed by atoms with Crippen molar-refractivity contribution in [2.45, 2.75) is 24.5 Å². The Morgan fingerprint density at radius 1 is 1.13 bits per heavy atom. The lowest BCUT2D eigenvalue weighted by atomic mass is 9.57. The third kappa shape index (κ3) is 3.73. The van der Waals surface area contributed by atoms with Crippen LogP contribution in [0.3, 0.4) is 0 Å². The largest absolute Gasteiger partial charge is 0.508 e. The van der Waals surface area contributed by atoms with Gasteiger partial charge in [0, 0.05) is 44.4 Å². The van der Waals surface area contributed by atoms with Gasteiger partial charge in [-0.3, -0.25) is 19.3 Å². The molecule has 2 fully saturated rings. The fourth-order valence-corrected chi connectivity index (χ4v) is 6.72. The molecule has 0 radical (unpaired) electrons. The number of carbonyl (C=O) groups is 3. The Bertz CT molecular complexity index is 1340. The van der Waals surface area contributed by atoms with Crippen molar-refractivity contribution in [2.75, 3.05) is 64.3 Å². The predicted octanol–water partition coefficient (Wildman–Crippen LogP) is -0.133. The second kappa shape index (κ2) is 9.25. The number of fused-ring (bicyclic) bond motifs is 3. The number of nitrogens with zero attached hydrogens (tertiary/aromatic N) is 3. The van der Waals surface area contributed by atoms with E-state index in [1.165, 1.54) is 4.90 Å². The standard InChI is InChI=1S/C27H34N4O8/c1-29(2)15-11-16(31-5-7-39-8-6-31)21(32)18-13(15)9-12-10-14-20(30(3)4)23(34)19(26(28)37)25(36)27(14,38)24(35)17(12)22(18)33/h11-12,14,20,32-33,36,38H,5-10H2,1-4H3,(H2,28,37). The quantitative estimate of drug-likeness (QED) is 0.320. The monoisotopic (exact) mass is 542 g/mol. The lowest BCUT2D eigenvalue weighted by Gasteiger charge is -2.50. The molecule has 0 spiro atoms. The van der Waals surface area contributed by atoms with E-state index >= 15 is 0 Å². The fourth-order valence-electron chi connectivity index (χ4n) is 6.72. The number of Topliss-reactive ketones (excluding diaryl/α,β-unsaturated/α-hetero) is 2. The van der Waals surface area contributed by atoms with Crippen LogP contribution in [-0.4, -0.2) is 109 Å². The van der Waals surface area contributed by atoms with E-state index in [4.69, 9.17) is 10.5 Å². The summed E-state index contributed by atoms with van der Waals surface area (Å²) >= 11 is 0. The van der Waals surface area contributed by atoms with E-state index in [2.05, 4.69) is 0 Å². The Morgan fingerprint density at radius 2 is 1.77 bits per heavy atom. The van der Waals surface area contributed by atoms with Crippen molar-refractivity contribution >= 4 is 34.6 Å². The van der Waals surface area contributed by atoms with E-state index in [0.717, 1.165) is 5.69 Å². The maximum absolute atomic E-state index is 14.0. The van der Waals surface area contributed by atoms with Crippen molar-refractivity contribution in [3.8, 4) is 5.75 Å². The van der Waals surface area contributed by atoms with E-state index < -0.39 is 58.0 Å². The van der Waals surface area contributed by atoms with Crippen molar-refractivity contribution < 1.29 is 39.5 Å². The molecular formula is C27H34N4O8. The Kier molecular flexibility index (Phi) is 6.40. The minimum absolute atomic E-state index is 0.0462. The van der Waals surface area contributed by atoms with E-state index in [1.54, 1.807) is 14.1 Å². The van der Waals surface area contributed by atoms with Crippen LogP contribution in [0.5, 0.6) is 5.75 Å². The lowest BCUT2D eigenvalue weighted by Crippen LogP contribution is -2.65. The molecule has 4 aliphatic rings. The number of rotatable bonds is 4. The first-order chi connectivity index (χ1) is 18.3. The van der Waals surface area contributed by atoms with Crippen molar-refractivity contribution in [1.82, 2.24) is 4.90 Å². The summed E-state index contributed by atoms with van der Waals surface area (Å²) in [5.41, 5.74) is 3.65. The minimum atomic E-state index is -2.66. The van der Waals surface area contributed by atoms with Crippen LogP contribution in [0.4, 0.5) is 11.4 Å². The number of likely N-dealkylation sites (N-methyl/N-ethyl adjacent to an activating group) is 1. The average Bonchev–Trinajstić information content (AvgIpc) is 2.86. The molecular weight excluding hydrogens is 508 g/mol. The van der Waals surface area contributed by atoms with Gasteiger partial charge in [-0.1, -0.05) is 0 Å². The van der Waals surface area contributed by atoms with Crippen LogP contribution < -0.4 is 15.5 Å². The van der Waals surface area contributed by atoms with E-state index in [0.29, 0.717) is 37.6 Å². The van der Waals surface area contributed by atoms with Crippen LogP contribution in [0.2, 0.25) is 0 Å². The Labute approximate surface area is 225 Å². The first-order valence-corrected chi connectivity index (χ1v) is 12.9. The minimum Gasteiger partial charge on any atom is -0.508 e. The molecule has 5 rings (SSSR count). The number of benzene rings is 1. The maximum atomic E-state index is 14.0. The maximum Gasteiger partial charge on any atom is 0.255 e. The molecule has 1 aromatic rings. The summed E-state index contributed by atoms with van der Waals surface area (Å²) in [6.45, 7) is 1.98. The number of aromatic hydroxyl groups is 1. The predicted molar refractivity (Wildman–Crippen MR) is 142 cm³/mol. The van der Waals surface area contributed by atoms with Crippen molar-refractivity contribution in [3.05, 3.63) is 34.1 Å². The number of aliphatic hydroxyl groups excluding tert-OH is 2. The second-order valence-corrected chi connectivity index (χ2v) is 11.1. The average molecular weight is 543 g/mol. The summed E-state index contributed by atoms with van der Waals surface area (Å²) in [5.74, 6) is -6.60. The zero-order valence-electron chi connectivity index (χ0n) is 22.4. The molecule has 3 aliphatic carbocycles. The smallest absolute Gasteiger partial charge is 0.255 e. The third-order valence-electron chi connectivity index (χ3n) is 8.51. The van der Waals surface area contributed by atoms with Gasteiger partial charge in [0.1, 0.15) is 22.8 Å². The van der Waals surface area contributed by atoms with Gasteiger partial charge in [0.15, 0.2) is 11.4 Å². The molecule has 6 N–H and O–H groups in total. The summed E-state index contributed by atoms with van der Waals surface area (Å²) in [4.78, 5) is 44.7. The van der Waals surface area contributed by atoms with Crippen LogP contribution in [0, 0.1) is 11.8 Å². The molecule has 1 aliphatic heterocycles. The highest BCUT2D eigenvalue weighted by molar-refractivity contribution is 6.24.